The number of hydrogen-bond acceptors (Lipinski definition) is 2. The Balaban J connectivity index is 1.67. The van der Waals surface area contributed by atoms with Crippen molar-refractivity contribution in [3.63, 3.8) is 0 Å². The number of hydrogen-bond donors (Lipinski definition) is 1. The van der Waals surface area contributed by atoms with Crippen LogP contribution in [-0.4, -0.2) is 36.1 Å². The average molecular weight is 166 g/mol. The Morgan fingerprint density at radius 1 is 0.833 bits per heavy atom. The maximum absolute atomic E-state index is 3.48. The van der Waals surface area contributed by atoms with Gasteiger partial charge in [-0.15, -0.1) is 0 Å². The predicted molar refractivity (Wildman–Crippen MR) is 49.2 cm³/mol. The molecule has 2 heteroatoms. The molecule has 2 saturated carbocycles. The molecule has 1 saturated heterocycles. The summed E-state index contributed by atoms with van der Waals surface area (Å²) in [6.07, 6.45) is 7.31. The normalized spacial score (nSPS) is 36.2. The molecule has 0 radical (unpaired) electrons. The molecule has 3 fully saturated rings. The molecule has 2 nitrogen and oxygen atoms in total. The molecule has 0 amide bonds. The second-order valence-electron chi connectivity index (χ2n) is 4.56. The third-order valence-corrected chi connectivity index (χ3v) is 3.39. The van der Waals surface area contributed by atoms with Crippen molar-refractivity contribution in [1.29, 1.82) is 0 Å². The van der Waals surface area contributed by atoms with E-state index in [1.807, 2.05) is 0 Å². The van der Waals surface area contributed by atoms with E-state index in [0.717, 1.165) is 18.1 Å². The fourth-order valence-corrected chi connectivity index (χ4v) is 2.53. The fourth-order valence-electron chi connectivity index (χ4n) is 2.53. The second-order valence-corrected chi connectivity index (χ2v) is 4.56. The third kappa shape index (κ3) is 1.27. The highest BCUT2D eigenvalue weighted by atomic mass is 15.3. The summed E-state index contributed by atoms with van der Waals surface area (Å²) in [5, 5.41) is 3.48. The first-order valence-corrected chi connectivity index (χ1v) is 5.43. The summed E-state index contributed by atoms with van der Waals surface area (Å²) in [4.78, 5) is 2.83. The molecular weight excluding hydrogens is 148 g/mol. The Labute approximate surface area is 74.3 Å². The summed E-state index contributed by atoms with van der Waals surface area (Å²) in [5.74, 6) is 0. The molecule has 12 heavy (non-hydrogen) atoms. The van der Waals surface area contributed by atoms with E-state index in [0.29, 0.717) is 0 Å². The molecule has 3 aliphatic rings. The SMILES string of the molecule is C1CC(N(C2CC2)C2CC2)CN1. The van der Waals surface area contributed by atoms with Gasteiger partial charge in [0.15, 0.2) is 0 Å². The highest BCUT2D eigenvalue weighted by molar-refractivity contribution is 4.99. The van der Waals surface area contributed by atoms with Crippen molar-refractivity contribution < 1.29 is 0 Å². The van der Waals surface area contributed by atoms with E-state index in [1.54, 1.807) is 0 Å². The molecule has 1 N–H and O–H groups in total. The van der Waals surface area contributed by atoms with Crippen LogP contribution in [0.15, 0.2) is 0 Å². The lowest BCUT2D eigenvalue weighted by molar-refractivity contribution is 0.187. The van der Waals surface area contributed by atoms with Crippen molar-refractivity contribution in [2.24, 2.45) is 0 Å². The van der Waals surface area contributed by atoms with Crippen LogP contribution < -0.4 is 5.32 Å². The highest BCUT2D eigenvalue weighted by Crippen LogP contribution is 2.39. The van der Waals surface area contributed by atoms with Gasteiger partial charge in [0.25, 0.3) is 0 Å². The first-order valence-electron chi connectivity index (χ1n) is 5.43. The summed E-state index contributed by atoms with van der Waals surface area (Å²) in [5.41, 5.74) is 0. The van der Waals surface area contributed by atoms with Gasteiger partial charge in [0, 0.05) is 24.7 Å². The van der Waals surface area contributed by atoms with Crippen LogP contribution in [0.1, 0.15) is 32.1 Å². The molecule has 1 unspecified atom stereocenters. The van der Waals surface area contributed by atoms with Crippen molar-refractivity contribution in [2.75, 3.05) is 13.1 Å². The first-order chi connectivity index (χ1) is 5.95. The zero-order valence-corrected chi connectivity index (χ0v) is 7.63. The molecule has 0 bridgehead atoms. The van der Waals surface area contributed by atoms with Gasteiger partial charge in [0.2, 0.25) is 0 Å². The van der Waals surface area contributed by atoms with E-state index in [9.17, 15) is 0 Å². The van der Waals surface area contributed by atoms with Gasteiger partial charge < -0.3 is 5.32 Å². The van der Waals surface area contributed by atoms with E-state index in [4.69, 9.17) is 0 Å². The predicted octanol–water partition coefficient (Wildman–Crippen LogP) is 0.975. The van der Waals surface area contributed by atoms with Crippen molar-refractivity contribution in [3.8, 4) is 0 Å². The van der Waals surface area contributed by atoms with Crippen LogP contribution in [0.25, 0.3) is 0 Å². The minimum atomic E-state index is 0.894. The van der Waals surface area contributed by atoms with E-state index < -0.39 is 0 Å². The zero-order valence-electron chi connectivity index (χ0n) is 7.63. The Morgan fingerprint density at radius 2 is 1.50 bits per heavy atom. The van der Waals surface area contributed by atoms with Crippen LogP contribution in [0.3, 0.4) is 0 Å². The van der Waals surface area contributed by atoms with Gasteiger partial charge in [0.1, 0.15) is 0 Å². The Bertz CT molecular complexity index is 155. The van der Waals surface area contributed by atoms with Gasteiger partial charge in [-0.3, -0.25) is 4.90 Å². The van der Waals surface area contributed by atoms with E-state index in [2.05, 4.69) is 10.2 Å². The zero-order chi connectivity index (χ0) is 7.97. The molecule has 1 atom stereocenters. The topological polar surface area (TPSA) is 15.3 Å². The minimum Gasteiger partial charge on any atom is -0.315 e. The molecule has 3 rings (SSSR count). The van der Waals surface area contributed by atoms with Crippen LogP contribution in [-0.2, 0) is 0 Å². The number of nitrogens with one attached hydrogen (secondary N) is 1. The Morgan fingerprint density at radius 3 is 1.92 bits per heavy atom. The highest BCUT2D eigenvalue weighted by Gasteiger charge is 2.43. The lowest BCUT2D eigenvalue weighted by Crippen LogP contribution is -2.40. The lowest BCUT2D eigenvalue weighted by Gasteiger charge is -2.28. The van der Waals surface area contributed by atoms with Crippen LogP contribution in [0.2, 0.25) is 0 Å². The maximum atomic E-state index is 3.48. The molecule has 68 valence electrons. The minimum absolute atomic E-state index is 0.894. The summed E-state index contributed by atoms with van der Waals surface area (Å²) < 4.78 is 0. The van der Waals surface area contributed by atoms with Crippen molar-refractivity contribution in [3.05, 3.63) is 0 Å². The molecule has 2 aliphatic carbocycles. The molecule has 0 spiro atoms. The smallest absolute Gasteiger partial charge is 0.0238 e. The number of nitrogens with zero attached hydrogens (tertiary/aromatic N) is 1. The summed E-state index contributed by atoms with van der Waals surface area (Å²) in [6, 6.07) is 2.87. The standard InChI is InChI=1S/C10H18N2/c1-2-8(1)12(9-3-4-9)10-5-6-11-7-10/h8-11H,1-7H2. The van der Waals surface area contributed by atoms with Crippen LogP contribution in [0, 0.1) is 0 Å². The van der Waals surface area contributed by atoms with Crippen LogP contribution in [0.5, 0.6) is 0 Å². The van der Waals surface area contributed by atoms with Gasteiger partial charge >= 0.3 is 0 Å². The molecule has 0 aromatic rings. The fraction of sp³-hybridized carbons (Fsp3) is 1.00. The van der Waals surface area contributed by atoms with Crippen molar-refractivity contribution in [1.82, 2.24) is 10.2 Å². The average Bonchev–Trinajstić information content (AvgIpc) is 2.95. The van der Waals surface area contributed by atoms with Crippen LogP contribution in [0.4, 0.5) is 0 Å². The first kappa shape index (κ1) is 7.34. The van der Waals surface area contributed by atoms with Gasteiger partial charge in [-0.2, -0.15) is 0 Å². The molecule has 0 aromatic heterocycles. The molecular formula is C10H18N2. The summed E-state index contributed by atoms with van der Waals surface area (Å²) in [6.45, 7) is 2.51. The molecule has 1 heterocycles. The summed E-state index contributed by atoms with van der Waals surface area (Å²) in [7, 11) is 0. The van der Waals surface area contributed by atoms with Gasteiger partial charge in [-0.05, 0) is 38.6 Å². The van der Waals surface area contributed by atoms with Crippen LogP contribution >= 0.6 is 0 Å². The van der Waals surface area contributed by atoms with Gasteiger partial charge in [-0.1, -0.05) is 0 Å². The van der Waals surface area contributed by atoms with E-state index >= 15 is 0 Å². The van der Waals surface area contributed by atoms with Gasteiger partial charge in [-0.25, -0.2) is 0 Å². The van der Waals surface area contributed by atoms with Crippen molar-refractivity contribution >= 4 is 0 Å². The molecule has 0 aromatic carbocycles. The largest absolute Gasteiger partial charge is 0.315 e. The Kier molecular flexibility index (Phi) is 1.66. The Hall–Kier alpha value is -0.0800. The quantitative estimate of drug-likeness (QED) is 0.672. The van der Waals surface area contributed by atoms with E-state index in [1.165, 1.54) is 45.2 Å². The lowest BCUT2D eigenvalue weighted by atomic mass is 10.2. The third-order valence-electron chi connectivity index (χ3n) is 3.39. The maximum Gasteiger partial charge on any atom is 0.0238 e. The molecule has 1 aliphatic heterocycles. The van der Waals surface area contributed by atoms with Crippen molar-refractivity contribution in [2.45, 2.75) is 50.2 Å². The van der Waals surface area contributed by atoms with E-state index in [-0.39, 0.29) is 0 Å². The summed E-state index contributed by atoms with van der Waals surface area (Å²) >= 11 is 0. The monoisotopic (exact) mass is 166 g/mol. The number of rotatable bonds is 3. The van der Waals surface area contributed by atoms with Gasteiger partial charge in [0.05, 0.1) is 0 Å². The second kappa shape index (κ2) is 2.71.